The smallest absolute Gasteiger partial charge is 0.274 e. The Bertz CT molecular complexity index is 1420. The number of amides is 1. The van der Waals surface area contributed by atoms with Gasteiger partial charge in [0.15, 0.2) is 0 Å². The summed E-state index contributed by atoms with van der Waals surface area (Å²) in [7, 11) is 8.04. The number of nitro groups is 1. The monoisotopic (exact) mass is 523 g/mol. The molecule has 1 heterocycles. The Morgan fingerprint density at radius 3 is 2.08 bits per heavy atom. The van der Waals surface area contributed by atoms with Crippen LogP contribution in [0.2, 0.25) is 0 Å². The van der Waals surface area contributed by atoms with E-state index in [1.54, 1.807) is 5.01 Å². The van der Waals surface area contributed by atoms with E-state index in [1.807, 2.05) is 33.1 Å². The van der Waals surface area contributed by atoms with Crippen molar-refractivity contribution >= 4 is 34.8 Å². The third-order valence-corrected chi connectivity index (χ3v) is 7.54. The standard InChI is InChI=1S/C31H33N5O3/c1-33(2)25-14-8-21(9-15-25)20-24-6-5-7-28-29(24)32-35(30(28)22-10-16-26(17-11-22)34(3)4)31(37)23-12-18-27(19-13-23)36(38)39/h8-20,28,30H,5-7H2,1-4H3/b24-20+. The van der Waals surface area contributed by atoms with Crippen molar-refractivity contribution in [1.82, 2.24) is 5.01 Å². The Kier molecular flexibility index (Phi) is 7.19. The van der Waals surface area contributed by atoms with Gasteiger partial charge in [0.25, 0.3) is 11.6 Å². The van der Waals surface area contributed by atoms with Crippen LogP contribution < -0.4 is 9.80 Å². The van der Waals surface area contributed by atoms with Crippen molar-refractivity contribution in [3.05, 3.63) is 105 Å². The maximum atomic E-state index is 13.8. The van der Waals surface area contributed by atoms with Crippen LogP contribution in [-0.2, 0) is 0 Å². The van der Waals surface area contributed by atoms with Gasteiger partial charge in [0.1, 0.15) is 0 Å². The molecule has 8 heteroatoms. The van der Waals surface area contributed by atoms with Gasteiger partial charge in [0.2, 0.25) is 0 Å². The van der Waals surface area contributed by atoms with Gasteiger partial charge >= 0.3 is 0 Å². The number of allylic oxidation sites excluding steroid dienone is 1. The van der Waals surface area contributed by atoms with E-state index < -0.39 is 4.92 Å². The summed E-state index contributed by atoms with van der Waals surface area (Å²) in [6, 6.07) is 22.2. The molecule has 1 aliphatic carbocycles. The van der Waals surface area contributed by atoms with Gasteiger partial charge in [-0.05, 0) is 78.4 Å². The molecule has 0 bridgehead atoms. The lowest BCUT2D eigenvalue weighted by Gasteiger charge is -2.30. The van der Waals surface area contributed by atoms with Crippen LogP contribution >= 0.6 is 0 Å². The summed E-state index contributed by atoms with van der Waals surface area (Å²) >= 11 is 0. The van der Waals surface area contributed by atoms with Gasteiger partial charge in [-0.15, -0.1) is 0 Å². The van der Waals surface area contributed by atoms with E-state index in [0.29, 0.717) is 5.56 Å². The molecule has 1 aliphatic heterocycles. The predicted octanol–water partition coefficient (Wildman–Crippen LogP) is 6.16. The summed E-state index contributed by atoms with van der Waals surface area (Å²) in [4.78, 5) is 28.6. The third kappa shape index (κ3) is 5.27. The molecule has 0 N–H and O–H groups in total. The molecule has 1 fully saturated rings. The van der Waals surface area contributed by atoms with E-state index in [4.69, 9.17) is 5.10 Å². The van der Waals surface area contributed by atoms with E-state index >= 15 is 0 Å². The lowest BCUT2D eigenvalue weighted by molar-refractivity contribution is -0.384. The van der Waals surface area contributed by atoms with Crippen LogP contribution in [0.1, 0.15) is 46.8 Å². The zero-order valence-electron chi connectivity index (χ0n) is 22.7. The Labute approximate surface area is 229 Å². The van der Waals surface area contributed by atoms with Crippen LogP contribution in [0.5, 0.6) is 0 Å². The highest BCUT2D eigenvalue weighted by Crippen LogP contribution is 2.45. The van der Waals surface area contributed by atoms with Crippen molar-refractivity contribution in [2.24, 2.45) is 11.0 Å². The highest BCUT2D eigenvalue weighted by Gasteiger charge is 2.44. The molecule has 1 saturated carbocycles. The van der Waals surface area contributed by atoms with Gasteiger partial charge in [-0.3, -0.25) is 14.9 Å². The molecule has 39 heavy (non-hydrogen) atoms. The highest BCUT2D eigenvalue weighted by atomic mass is 16.6. The minimum atomic E-state index is -0.462. The van der Waals surface area contributed by atoms with Crippen LogP contribution in [0.25, 0.3) is 6.08 Å². The summed E-state index contributed by atoms with van der Waals surface area (Å²) in [5, 5.41) is 17.7. The predicted molar refractivity (Wildman–Crippen MR) is 156 cm³/mol. The average Bonchev–Trinajstić information content (AvgIpc) is 3.33. The molecule has 3 aromatic rings. The first kappa shape index (κ1) is 26.2. The second kappa shape index (κ2) is 10.7. The quantitative estimate of drug-likeness (QED) is 0.285. The number of rotatable bonds is 6. The Hall–Kier alpha value is -4.46. The average molecular weight is 524 g/mol. The molecule has 1 amide bonds. The number of nitro benzene ring substituents is 1. The van der Waals surface area contributed by atoms with Crippen molar-refractivity contribution in [2.75, 3.05) is 38.0 Å². The molecule has 2 unspecified atom stereocenters. The van der Waals surface area contributed by atoms with Crippen LogP contribution in [0.3, 0.4) is 0 Å². The molecule has 0 saturated heterocycles. The van der Waals surface area contributed by atoms with Crippen LogP contribution in [0.15, 0.2) is 83.5 Å². The Morgan fingerprint density at radius 1 is 0.923 bits per heavy atom. The second-order valence-electron chi connectivity index (χ2n) is 10.5. The van der Waals surface area contributed by atoms with E-state index in [0.717, 1.165) is 53.0 Å². The highest BCUT2D eigenvalue weighted by molar-refractivity contribution is 6.09. The fourth-order valence-corrected chi connectivity index (χ4v) is 5.40. The number of fused-ring (bicyclic) bond motifs is 1. The van der Waals surface area contributed by atoms with E-state index in [9.17, 15) is 14.9 Å². The molecule has 0 aromatic heterocycles. The van der Waals surface area contributed by atoms with Crippen molar-refractivity contribution in [3.63, 3.8) is 0 Å². The number of nitrogens with zero attached hydrogens (tertiary/aromatic N) is 5. The number of hydrogen-bond donors (Lipinski definition) is 0. The topological polar surface area (TPSA) is 82.3 Å². The Balaban J connectivity index is 1.54. The second-order valence-corrected chi connectivity index (χ2v) is 10.5. The third-order valence-electron chi connectivity index (χ3n) is 7.54. The summed E-state index contributed by atoms with van der Waals surface area (Å²) in [6.45, 7) is 0. The maximum absolute atomic E-state index is 13.8. The zero-order chi connectivity index (χ0) is 27.7. The summed E-state index contributed by atoms with van der Waals surface area (Å²) in [5.41, 5.74) is 6.78. The van der Waals surface area contributed by atoms with Crippen LogP contribution in [-0.4, -0.2) is 49.7 Å². The summed E-state index contributed by atoms with van der Waals surface area (Å²) in [6.07, 6.45) is 5.03. The molecular formula is C31H33N5O3. The molecule has 8 nitrogen and oxygen atoms in total. The molecule has 3 aromatic carbocycles. The van der Waals surface area contributed by atoms with Gasteiger partial charge in [0.05, 0.1) is 16.7 Å². The van der Waals surface area contributed by atoms with Gasteiger partial charge < -0.3 is 9.80 Å². The van der Waals surface area contributed by atoms with Gasteiger partial charge in [-0.2, -0.15) is 5.10 Å². The molecule has 0 spiro atoms. The number of non-ortho nitro benzene ring substituents is 1. The van der Waals surface area contributed by atoms with Crippen molar-refractivity contribution in [2.45, 2.75) is 25.3 Å². The first-order chi connectivity index (χ1) is 18.7. The van der Waals surface area contributed by atoms with Crippen molar-refractivity contribution in [3.8, 4) is 0 Å². The first-order valence-electron chi connectivity index (χ1n) is 13.1. The van der Waals surface area contributed by atoms with Crippen LogP contribution in [0, 0.1) is 16.0 Å². The van der Waals surface area contributed by atoms with E-state index in [-0.39, 0.29) is 23.6 Å². The minimum absolute atomic E-state index is 0.0470. The zero-order valence-corrected chi connectivity index (χ0v) is 22.7. The number of anilines is 2. The fourth-order valence-electron chi connectivity index (χ4n) is 5.40. The number of benzene rings is 3. The lowest BCUT2D eigenvalue weighted by Crippen LogP contribution is -2.32. The molecule has 2 atom stereocenters. The molecule has 2 aliphatic rings. The fraction of sp³-hybridized carbons (Fsp3) is 0.290. The number of carbonyl (C=O) groups excluding carboxylic acids is 1. The number of hydrogen-bond acceptors (Lipinski definition) is 6. The van der Waals surface area contributed by atoms with Gasteiger partial charge in [-0.25, -0.2) is 5.01 Å². The molecule has 200 valence electrons. The normalized spacial score (nSPS) is 19.4. The molecular weight excluding hydrogens is 490 g/mol. The maximum Gasteiger partial charge on any atom is 0.274 e. The SMILES string of the molecule is CN(C)c1ccc(/C=C2\CCCC3C2=NN(C(=O)c2ccc([N+](=O)[O-])cc2)C3c2ccc(N(C)C)cc2)cc1. The summed E-state index contributed by atoms with van der Waals surface area (Å²) < 4.78 is 0. The summed E-state index contributed by atoms with van der Waals surface area (Å²) in [5.74, 6) is -0.193. The lowest BCUT2D eigenvalue weighted by atomic mass is 9.77. The molecule has 0 radical (unpaired) electrons. The largest absolute Gasteiger partial charge is 0.378 e. The van der Waals surface area contributed by atoms with Crippen molar-refractivity contribution < 1.29 is 9.72 Å². The molecule has 5 rings (SSSR count). The van der Waals surface area contributed by atoms with E-state index in [1.165, 1.54) is 24.3 Å². The van der Waals surface area contributed by atoms with E-state index in [2.05, 4.69) is 59.5 Å². The minimum Gasteiger partial charge on any atom is -0.378 e. The Morgan fingerprint density at radius 2 is 1.51 bits per heavy atom. The number of carbonyl (C=O) groups is 1. The van der Waals surface area contributed by atoms with Crippen molar-refractivity contribution in [1.29, 1.82) is 0 Å². The van der Waals surface area contributed by atoms with Gasteiger partial charge in [-0.1, -0.05) is 24.3 Å². The number of hydrazone groups is 1. The van der Waals surface area contributed by atoms with Crippen LogP contribution in [0.4, 0.5) is 17.1 Å². The van der Waals surface area contributed by atoms with Gasteiger partial charge in [0, 0.05) is 63.2 Å². The first-order valence-corrected chi connectivity index (χ1v) is 13.1.